The molecule has 1 rings (SSSR count). The van der Waals surface area contributed by atoms with Crippen molar-refractivity contribution in [3.63, 3.8) is 0 Å². The fraction of sp³-hybridized carbons (Fsp3) is 0.667. The Morgan fingerprint density at radius 2 is 2.40 bits per heavy atom. The van der Waals surface area contributed by atoms with Gasteiger partial charge in [0.1, 0.15) is 6.29 Å². The van der Waals surface area contributed by atoms with E-state index >= 15 is 0 Å². The fourth-order valence-electron chi connectivity index (χ4n) is 1.55. The summed E-state index contributed by atoms with van der Waals surface area (Å²) in [6.45, 7) is 4.18. The predicted octanol–water partition coefficient (Wildman–Crippen LogP) is 2.18. The van der Waals surface area contributed by atoms with E-state index in [0.717, 1.165) is 19.1 Å². The molecule has 2 atom stereocenters. The van der Waals surface area contributed by atoms with Crippen molar-refractivity contribution in [2.75, 3.05) is 0 Å². The van der Waals surface area contributed by atoms with Crippen LogP contribution in [0.4, 0.5) is 0 Å². The SMILES string of the molecule is CC1C=CCC(C)(C=O)C1. The molecular weight excluding hydrogens is 124 g/mol. The van der Waals surface area contributed by atoms with E-state index in [1.165, 1.54) is 0 Å². The number of carbonyl (C=O) groups excluding carboxylic acids is 1. The molecule has 0 heterocycles. The Hall–Kier alpha value is -0.590. The summed E-state index contributed by atoms with van der Waals surface area (Å²) < 4.78 is 0. The standard InChI is InChI=1S/C9H14O/c1-8-4-3-5-9(2,6-8)7-10/h3-4,7-8H,5-6H2,1-2H3. The van der Waals surface area contributed by atoms with Gasteiger partial charge in [-0.1, -0.05) is 26.0 Å². The molecule has 10 heavy (non-hydrogen) atoms. The van der Waals surface area contributed by atoms with Gasteiger partial charge in [-0.3, -0.25) is 0 Å². The molecule has 0 aromatic rings. The maximum atomic E-state index is 10.6. The molecule has 0 fully saturated rings. The zero-order valence-corrected chi connectivity index (χ0v) is 6.63. The lowest BCUT2D eigenvalue weighted by atomic mass is 9.76. The summed E-state index contributed by atoms with van der Waals surface area (Å²) in [6, 6.07) is 0. The van der Waals surface area contributed by atoms with E-state index in [1.807, 2.05) is 6.92 Å². The summed E-state index contributed by atoms with van der Waals surface area (Å²) in [5.74, 6) is 0.573. The summed E-state index contributed by atoms with van der Waals surface area (Å²) in [4.78, 5) is 10.6. The average Bonchev–Trinajstić information content (AvgIpc) is 1.88. The van der Waals surface area contributed by atoms with Crippen molar-refractivity contribution in [1.82, 2.24) is 0 Å². The van der Waals surface area contributed by atoms with Gasteiger partial charge in [0.2, 0.25) is 0 Å². The van der Waals surface area contributed by atoms with Crippen LogP contribution in [0.15, 0.2) is 12.2 Å². The summed E-state index contributed by atoms with van der Waals surface area (Å²) in [6.07, 6.45) is 7.31. The molecule has 0 aromatic heterocycles. The molecule has 2 unspecified atom stereocenters. The number of hydrogen-bond donors (Lipinski definition) is 0. The molecular formula is C9H14O. The second-order valence-electron chi connectivity index (χ2n) is 3.59. The highest BCUT2D eigenvalue weighted by Crippen LogP contribution is 2.32. The molecule has 0 amide bonds. The van der Waals surface area contributed by atoms with Crippen molar-refractivity contribution in [1.29, 1.82) is 0 Å². The molecule has 1 aliphatic carbocycles. The minimum absolute atomic E-state index is 0.0752. The summed E-state index contributed by atoms with van der Waals surface area (Å²) in [5, 5.41) is 0. The summed E-state index contributed by atoms with van der Waals surface area (Å²) >= 11 is 0. The molecule has 1 aliphatic rings. The first-order valence-corrected chi connectivity index (χ1v) is 3.79. The van der Waals surface area contributed by atoms with Crippen LogP contribution in [0, 0.1) is 11.3 Å². The van der Waals surface area contributed by atoms with Crippen LogP contribution in [0.25, 0.3) is 0 Å². The van der Waals surface area contributed by atoms with Gasteiger partial charge in [0, 0.05) is 5.41 Å². The molecule has 0 aliphatic heterocycles. The molecule has 0 saturated carbocycles. The van der Waals surface area contributed by atoms with Crippen LogP contribution in [-0.4, -0.2) is 6.29 Å². The first-order valence-electron chi connectivity index (χ1n) is 3.79. The maximum absolute atomic E-state index is 10.6. The summed E-state index contributed by atoms with van der Waals surface area (Å²) in [7, 11) is 0. The molecule has 0 saturated heterocycles. The lowest BCUT2D eigenvalue weighted by Gasteiger charge is -2.27. The number of hydrogen-bond acceptors (Lipinski definition) is 1. The monoisotopic (exact) mass is 138 g/mol. The van der Waals surface area contributed by atoms with Crippen molar-refractivity contribution in [3.05, 3.63) is 12.2 Å². The van der Waals surface area contributed by atoms with Gasteiger partial charge >= 0.3 is 0 Å². The third kappa shape index (κ3) is 1.47. The van der Waals surface area contributed by atoms with Gasteiger partial charge in [0.05, 0.1) is 0 Å². The Labute approximate surface area is 62.1 Å². The van der Waals surface area contributed by atoms with E-state index < -0.39 is 0 Å². The normalized spacial score (nSPS) is 39.6. The Morgan fingerprint density at radius 3 is 2.80 bits per heavy atom. The van der Waals surface area contributed by atoms with Gasteiger partial charge < -0.3 is 4.79 Å². The van der Waals surface area contributed by atoms with E-state index in [2.05, 4.69) is 19.1 Å². The average molecular weight is 138 g/mol. The van der Waals surface area contributed by atoms with E-state index in [1.54, 1.807) is 0 Å². The predicted molar refractivity (Wildman–Crippen MR) is 41.7 cm³/mol. The number of allylic oxidation sites excluding steroid dienone is 2. The third-order valence-electron chi connectivity index (χ3n) is 2.12. The topological polar surface area (TPSA) is 17.1 Å². The first kappa shape index (κ1) is 7.52. The molecule has 0 N–H and O–H groups in total. The highest BCUT2D eigenvalue weighted by Gasteiger charge is 2.26. The quantitative estimate of drug-likeness (QED) is 0.401. The number of carbonyl (C=O) groups is 1. The smallest absolute Gasteiger partial charge is 0.126 e. The molecule has 0 bridgehead atoms. The number of rotatable bonds is 1. The Bertz CT molecular complexity index is 160. The molecule has 56 valence electrons. The minimum Gasteiger partial charge on any atom is -0.303 e. The van der Waals surface area contributed by atoms with Crippen LogP contribution in [0.1, 0.15) is 26.7 Å². The maximum Gasteiger partial charge on any atom is 0.126 e. The largest absolute Gasteiger partial charge is 0.303 e. The third-order valence-corrected chi connectivity index (χ3v) is 2.12. The zero-order valence-electron chi connectivity index (χ0n) is 6.63. The molecule has 0 spiro atoms. The Kier molecular flexibility index (Phi) is 1.93. The van der Waals surface area contributed by atoms with Crippen LogP contribution in [0.5, 0.6) is 0 Å². The Morgan fingerprint density at radius 1 is 1.70 bits per heavy atom. The van der Waals surface area contributed by atoms with E-state index in [9.17, 15) is 4.79 Å². The van der Waals surface area contributed by atoms with Crippen LogP contribution < -0.4 is 0 Å². The van der Waals surface area contributed by atoms with Crippen molar-refractivity contribution >= 4 is 6.29 Å². The van der Waals surface area contributed by atoms with Gasteiger partial charge in [-0.25, -0.2) is 0 Å². The minimum atomic E-state index is -0.0752. The highest BCUT2D eigenvalue weighted by molar-refractivity contribution is 5.59. The number of aldehydes is 1. The van der Waals surface area contributed by atoms with Gasteiger partial charge in [0.15, 0.2) is 0 Å². The Balaban J connectivity index is 2.67. The van der Waals surface area contributed by atoms with E-state index in [-0.39, 0.29) is 5.41 Å². The second kappa shape index (κ2) is 2.57. The second-order valence-corrected chi connectivity index (χ2v) is 3.59. The first-order chi connectivity index (χ1) is 4.66. The van der Waals surface area contributed by atoms with Gasteiger partial charge in [0.25, 0.3) is 0 Å². The lowest BCUT2D eigenvalue weighted by molar-refractivity contribution is -0.116. The van der Waals surface area contributed by atoms with E-state index in [4.69, 9.17) is 0 Å². The lowest BCUT2D eigenvalue weighted by Crippen LogP contribution is -2.22. The van der Waals surface area contributed by atoms with Crippen molar-refractivity contribution in [2.24, 2.45) is 11.3 Å². The zero-order chi connectivity index (χ0) is 7.61. The molecule has 1 heteroatoms. The van der Waals surface area contributed by atoms with Gasteiger partial charge in [-0.05, 0) is 18.8 Å². The van der Waals surface area contributed by atoms with Crippen molar-refractivity contribution < 1.29 is 4.79 Å². The molecule has 1 nitrogen and oxygen atoms in total. The fourth-order valence-corrected chi connectivity index (χ4v) is 1.55. The highest BCUT2D eigenvalue weighted by atomic mass is 16.1. The van der Waals surface area contributed by atoms with Crippen LogP contribution >= 0.6 is 0 Å². The van der Waals surface area contributed by atoms with Crippen molar-refractivity contribution in [2.45, 2.75) is 26.7 Å². The van der Waals surface area contributed by atoms with Gasteiger partial charge in [-0.15, -0.1) is 0 Å². The van der Waals surface area contributed by atoms with Crippen LogP contribution in [0.3, 0.4) is 0 Å². The van der Waals surface area contributed by atoms with E-state index in [0.29, 0.717) is 5.92 Å². The molecule has 0 aromatic carbocycles. The molecule has 0 radical (unpaired) electrons. The van der Waals surface area contributed by atoms with Crippen molar-refractivity contribution in [3.8, 4) is 0 Å². The van der Waals surface area contributed by atoms with Crippen LogP contribution in [-0.2, 0) is 4.79 Å². The van der Waals surface area contributed by atoms with Crippen LogP contribution in [0.2, 0.25) is 0 Å². The van der Waals surface area contributed by atoms with Gasteiger partial charge in [-0.2, -0.15) is 0 Å². The summed E-state index contributed by atoms with van der Waals surface area (Å²) in [5.41, 5.74) is -0.0752.